The summed E-state index contributed by atoms with van der Waals surface area (Å²) in [6.07, 6.45) is 0. The summed E-state index contributed by atoms with van der Waals surface area (Å²) >= 11 is 3.07. The molecular weight excluding hydrogens is 224 g/mol. The zero-order valence-corrected chi connectivity index (χ0v) is 8.14. The molecular formula is C8H7BrOS. The summed E-state index contributed by atoms with van der Waals surface area (Å²) in [6.45, 7) is 0. The molecule has 0 bridgehead atoms. The SMILES string of the molecule is O=S(/C=C\Br)c1ccccc1. The highest BCUT2D eigenvalue weighted by Crippen LogP contribution is 2.06. The molecule has 0 N–H and O–H groups in total. The first-order valence-corrected chi connectivity index (χ1v) is 5.20. The Labute approximate surface area is 76.7 Å². The molecule has 0 saturated heterocycles. The van der Waals surface area contributed by atoms with E-state index in [9.17, 15) is 4.21 Å². The van der Waals surface area contributed by atoms with Gasteiger partial charge in [0.15, 0.2) is 0 Å². The van der Waals surface area contributed by atoms with Crippen molar-refractivity contribution in [2.75, 3.05) is 0 Å². The van der Waals surface area contributed by atoms with E-state index in [1.54, 1.807) is 10.4 Å². The number of halogens is 1. The summed E-state index contributed by atoms with van der Waals surface area (Å²) in [5, 5.41) is 1.59. The lowest BCUT2D eigenvalue weighted by molar-refractivity contribution is 0.688. The number of hydrogen-bond acceptors (Lipinski definition) is 1. The fraction of sp³-hybridized carbons (Fsp3) is 0. The summed E-state index contributed by atoms with van der Waals surface area (Å²) in [5.74, 6) is 0. The third-order valence-electron chi connectivity index (χ3n) is 1.15. The van der Waals surface area contributed by atoms with Gasteiger partial charge in [-0.2, -0.15) is 0 Å². The molecule has 1 rings (SSSR count). The molecule has 1 aromatic rings. The zero-order chi connectivity index (χ0) is 8.10. The van der Waals surface area contributed by atoms with Crippen molar-refractivity contribution in [2.24, 2.45) is 0 Å². The molecule has 0 heterocycles. The minimum absolute atomic E-state index is 0.822. The molecule has 11 heavy (non-hydrogen) atoms. The van der Waals surface area contributed by atoms with Crippen molar-refractivity contribution in [1.82, 2.24) is 0 Å². The highest BCUT2D eigenvalue weighted by Gasteiger charge is 1.95. The monoisotopic (exact) mass is 230 g/mol. The van der Waals surface area contributed by atoms with Gasteiger partial charge in [0, 0.05) is 10.3 Å². The summed E-state index contributed by atoms with van der Waals surface area (Å²) < 4.78 is 11.2. The van der Waals surface area contributed by atoms with Gasteiger partial charge >= 0.3 is 0 Å². The molecule has 0 aliphatic carbocycles. The summed E-state index contributed by atoms with van der Waals surface area (Å²) in [7, 11) is -1.01. The van der Waals surface area contributed by atoms with Gasteiger partial charge in [-0.25, -0.2) is 4.21 Å². The van der Waals surface area contributed by atoms with E-state index in [0.29, 0.717) is 0 Å². The zero-order valence-electron chi connectivity index (χ0n) is 5.74. The van der Waals surface area contributed by atoms with Crippen molar-refractivity contribution < 1.29 is 4.21 Å². The Kier molecular flexibility index (Phi) is 3.52. The van der Waals surface area contributed by atoms with E-state index in [1.807, 2.05) is 30.3 Å². The van der Waals surface area contributed by atoms with Gasteiger partial charge in [0.1, 0.15) is 0 Å². The number of hydrogen-bond donors (Lipinski definition) is 0. The maximum absolute atomic E-state index is 11.2. The molecule has 1 aromatic carbocycles. The minimum atomic E-state index is -1.01. The molecule has 1 unspecified atom stereocenters. The van der Waals surface area contributed by atoms with E-state index in [-0.39, 0.29) is 0 Å². The third kappa shape index (κ3) is 2.60. The summed E-state index contributed by atoms with van der Waals surface area (Å²) in [5.41, 5.74) is 0. The van der Waals surface area contributed by atoms with Crippen LogP contribution in [0.5, 0.6) is 0 Å². The second kappa shape index (κ2) is 4.46. The molecule has 0 spiro atoms. The van der Waals surface area contributed by atoms with Crippen molar-refractivity contribution in [3.05, 3.63) is 40.7 Å². The van der Waals surface area contributed by atoms with Crippen LogP contribution in [-0.4, -0.2) is 4.21 Å². The van der Waals surface area contributed by atoms with Gasteiger partial charge in [-0.15, -0.1) is 0 Å². The van der Waals surface area contributed by atoms with Crippen LogP contribution in [0.1, 0.15) is 0 Å². The van der Waals surface area contributed by atoms with E-state index >= 15 is 0 Å². The maximum Gasteiger partial charge on any atom is 0.0781 e. The molecule has 1 atom stereocenters. The largest absolute Gasteiger partial charge is 0.250 e. The molecule has 0 saturated carbocycles. The average Bonchev–Trinajstić information content (AvgIpc) is 2.07. The van der Waals surface area contributed by atoms with Crippen LogP contribution in [0.25, 0.3) is 0 Å². The molecule has 3 heteroatoms. The van der Waals surface area contributed by atoms with Gasteiger partial charge in [-0.1, -0.05) is 34.1 Å². The summed E-state index contributed by atoms with van der Waals surface area (Å²) in [4.78, 5) is 2.43. The lowest BCUT2D eigenvalue weighted by Crippen LogP contribution is -1.83. The van der Waals surface area contributed by atoms with Gasteiger partial charge in [0.05, 0.1) is 10.8 Å². The smallest absolute Gasteiger partial charge is 0.0781 e. The fourth-order valence-electron chi connectivity index (χ4n) is 0.680. The van der Waals surface area contributed by atoms with Crippen LogP contribution in [0.4, 0.5) is 0 Å². The van der Waals surface area contributed by atoms with Gasteiger partial charge in [-0.05, 0) is 17.1 Å². The van der Waals surface area contributed by atoms with Crippen molar-refractivity contribution in [1.29, 1.82) is 0 Å². The minimum Gasteiger partial charge on any atom is -0.250 e. The molecule has 0 fully saturated rings. The molecule has 0 aromatic heterocycles. The van der Waals surface area contributed by atoms with Crippen LogP contribution in [-0.2, 0) is 10.8 Å². The molecule has 0 amide bonds. The van der Waals surface area contributed by atoms with Crippen LogP contribution in [0.2, 0.25) is 0 Å². The Morgan fingerprint density at radius 2 is 1.91 bits per heavy atom. The van der Waals surface area contributed by atoms with Gasteiger partial charge in [0.2, 0.25) is 0 Å². The first kappa shape index (κ1) is 8.68. The number of benzene rings is 1. The van der Waals surface area contributed by atoms with E-state index in [4.69, 9.17) is 0 Å². The van der Waals surface area contributed by atoms with Crippen LogP contribution in [0.15, 0.2) is 45.6 Å². The predicted molar refractivity (Wildman–Crippen MR) is 50.9 cm³/mol. The van der Waals surface area contributed by atoms with Crippen molar-refractivity contribution >= 4 is 26.7 Å². The van der Waals surface area contributed by atoms with Crippen LogP contribution < -0.4 is 0 Å². The third-order valence-corrected chi connectivity index (χ3v) is 2.88. The van der Waals surface area contributed by atoms with Crippen molar-refractivity contribution in [2.45, 2.75) is 4.90 Å². The van der Waals surface area contributed by atoms with E-state index in [1.165, 1.54) is 0 Å². The molecule has 0 aliphatic rings. The van der Waals surface area contributed by atoms with Gasteiger partial charge in [0.25, 0.3) is 0 Å². The Morgan fingerprint density at radius 3 is 2.45 bits per heavy atom. The first-order valence-electron chi connectivity index (χ1n) is 3.07. The van der Waals surface area contributed by atoms with E-state index < -0.39 is 10.8 Å². The number of rotatable bonds is 2. The molecule has 0 radical (unpaired) electrons. The van der Waals surface area contributed by atoms with Gasteiger partial charge < -0.3 is 0 Å². The highest BCUT2D eigenvalue weighted by molar-refractivity contribution is 9.11. The molecule has 58 valence electrons. The lowest BCUT2D eigenvalue weighted by atomic mass is 10.4. The maximum atomic E-state index is 11.2. The fourth-order valence-corrected chi connectivity index (χ4v) is 1.94. The Balaban J connectivity index is 2.86. The van der Waals surface area contributed by atoms with E-state index in [2.05, 4.69) is 15.9 Å². The molecule has 0 aliphatic heterocycles. The Hall–Kier alpha value is -0.410. The quantitative estimate of drug-likeness (QED) is 0.764. The standard InChI is InChI=1S/C8H7BrOS/c9-6-7-11(10)8-4-2-1-3-5-8/h1-7H/b7-6-. The summed E-state index contributed by atoms with van der Waals surface area (Å²) in [6, 6.07) is 9.31. The Bertz CT molecular complexity index is 269. The first-order chi connectivity index (χ1) is 5.34. The van der Waals surface area contributed by atoms with Crippen molar-refractivity contribution in [3.8, 4) is 0 Å². The Morgan fingerprint density at radius 1 is 1.27 bits per heavy atom. The van der Waals surface area contributed by atoms with Gasteiger partial charge in [-0.3, -0.25) is 0 Å². The highest BCUT2D eigenvalue weighted by atomic mass is 79.9. The topological polar surface area (TPSA) is 17.1 Å². The second-order valence-electron chi connectivity index (χ2n) is 1.87. The van der Waals surface area contributed by atoms with Crippen LogP contribution in [0.3, 0.4) is 0 Å². The molecule has 1 nitrogen and oxygen atoms in total. The normalized spacial score (nSPS) is 13.5. The average molecular weight is 231 g/mol. The lowest BCUT2D eigenvalue weighted by Gasteiger charge is -1.92. The van der Waals surface area contributed by atoms with Crippen LogP contribution in [0, 0.1) is 0 Å². The predicted octanol–water partition coefficient (Wildman–Crippen LogP) is 2.66. The second-order valence-corrected chi connectivity index (χ2v) is 3.74. The van der Waals surface area contributed by atoms with E-state index in [0.717, 1.165) is 4.90 Å². The van der Waals surface area contributed by atoms with Crippen LogP contribution >= 0.6 is 15.9 Å². The van der Waals surface area contributed by atoms with Crippen molar-refractivity contribution in [3.63, 3.8) is 0 Å².